The van der Waals surface area contributed by atoms with Gasteiger partial charge in [-0.1, -0.05) is 66.5 Å². The fourth-order valence-electron chi connectivity index (χ4n) is 4.26. The van der Waals surface area contributed by atoms with Crippen LogP contribution in [0, 0.1) is 5.41 Å². The van der Waals surface area contributed by atoms with Crippen molar-refractivity contribution >= 4 is 40.9 Å². The Balaban J connectivity index is 1.53. The topological polar surface area (TPSA) is 164 Å². The van der Waals surface area contributed by atoms with Crippen molar-refractivity contribution in [2.24, 2.45) is 5.73 Å². The number of nitrogens with zero attached hydrogens (tertiary/aromatic N) is 2. The number of carbonyl (C=O) groups is 1. The fraction of sp³-hybridized carbons (Fsp3) is 0.226. The van der Waals surface area contributed by atoms with Crippen molar-refractivity contribution in [3.8, 4) is 11.3 Å². The van der Waals surface area contributed by atoms with Crippen LogP contribution in [-0.2, 0) is 24.3 Å². The highest BCUT2D eigenvalue weighted by Crippen LogP contribution is 2.27. The quantitative estimate of drug-likeness (QED) is 0.0447. The van der Waals surface area contributed by atoms with Crippen LogP contribution >= 0.6 is 11.9 Å². The highest BCUT2D eigenvalue weighted by molar-refractivity contribution is 8.00. The van der Waals surface area contributed by atoms with E-state index in [4.69, 9.17) is 16.9 Å². The number of anilines is 3. The SMILES string of the molecule is CC(C)Nc1ncc(-c2cc(N)cc(NSCCc3ccccc3)c2)n(CC(=O)NCc2ccc(C(=N)N)cc2)c1=O. The number of carbonyl (C=O) groups excluding carboxylic acids is 1. The number of aryl methyl sites for hydroxylation is 1. The third kappa shape index (κ3) is 8.37. The second-order valence-electron chi connectivity index (χ2n) is 10.1. The summed E-state index contributed by atoms with van der Waals surface area (Å²) in [6.45, 7) is 3.87. The first-order valence-corrected chi connectivity index (χ1v) is 14.6. The molecule has 0 aliphatic carbocycles. The van der Waals surface area contributed by atoms with E-state index in [1.807, 2.05) is 44.2 Å². The van der Waals surface area contributed by atoms with Crippen molar-refractivity contribution in [1.29, 1.82) is 5.41 Å². The number of amidine groups is 1. The minimum Gasteiger partial charge on any atom is -0.399 e. The molecule has 0 bridgehead atoms. The number of aromatic nitrogens is 2. The van der Waals surface area contributed by atoms with Gasteiger partial charge in [0.15, 0.2) is 5.82 Å². The van der Waals surface area contributed by atoms with E-state index < -0.39 is 5.56 Å². The first-order valence-electron chi connectivity index (χ1n) is 13.6. The molecule has 0 spiro atoms. The average Bonchev–Trinajstić information content (AvgIpc) is 2.96. The normalized spacial score (nSPS) is 10.8. The Morgan fingerprint density at radius 3 is 2.48 bits per heavy atom. The van der Waals surface area contributed by atoms with Gasteiger partial charge in [-0.15, -0.1) is 0 Å². The van der Waals surface area contributed by atoms with Gasteiger partial charge in [-0.3, -0.25) is 19.6 Å². The molecule has 4 aromatic rings. The Morgan fingerprint density at radius 2 is 1.79 bits per heavy atom. The molecule has 0 fully saturated rings. The molecule has 3 aromatic carbocycles. The second kappa shape index (κ2) is 14.2. The van der Waals surface area contributed by atoms with Crippen LogP contribution in [-0.4, -0.2) is 33.1 Å². The summed E-state index contributed by atoms with van der Waals surface area (Å²) in [5.41, 5.74) is 16.5. The van der Waals surface area contributed by atoms with Crippen LogP contribution < -0.4 is 32.4 Å². The zero-order valence-electron chi connectivity index (χ0n) is 23.7. The number of hydrogen-bond donors (Lipinski definition) is 6. The molecule has 0 atom stereocenters. The van der Waals surface area contributed by atoms with Gasteiger partial charge in [0.2, 0.25) is 5.91 Å². The summed E-state index contributed by atoms with van der Waals surface area (Å²) in [5.74, 6) is 0.661. The van der Waals surface area contributed by atoms with E-state index in [-0.39, 0.29) is 36.7 Å². The standard InChI is InChI=1S/C31H36N8O2S/c1-20(2)37-30-31(41)39(19-28(40)35-17-22-8-10-23(11-9-22)29(33)34)27(18-36-30)24-14-25(32)16-26(15-24)38-42-13-12-21-6-4-3-5-7-21/h3-11,14-16,18,20,38H,12-13,17,19,32H2,1-2H3,(H3,33,34)(H,35,40)(H,36,37). The molecule has 1 aromatic heterocycles. The molecule has 42 heavy (non-hydrogen) atoms. The number of amides is 1. The maximum Gasteiger partial charge on any atom is 0.294 e. The molecular formula is C31H36N8O2S. The first kappa shape index (κ1) is 30.2. The minimum atomic E-state index is -0.406. The molecule has 0 radical (unpaired) electrons. The van der Waals surface area contributed by atoms with Gasteiger partial charge in [0.1, 0.15) is 12.4 Å². The molecule has 0 saturated carbocycles. The molecule has 0 aliphatic heterocycles. The van der Waals surface area contributed by atoms with E-state index >= 15 is 0 Å². The molecular weight excluding hydrogens is 548 g/mol. The molecule has 1 heterocycles. The van der Waals surface area contributed by atoms with E-state index in [9.17, 15) is 9.59 Å². The third-order valence-electron chi connectivity index (χ3n) is 6.31. The summed E-state index contributed by atoms with van der Waals surface area (Å²) < 4.78 is 4.75. The Bertz CT molecular complexity index is 1590. The highest BCUT2D eigenvalue weighted by Gasteiger charge is 2.17. The van der Waals surface area contributed by atoms with Gasteiger partial charge in [0.05, 0.1) is 11.9 Å². The lowest BCUT2D eigenvalue weighted by atomic mass is 10.1. The third-order valence-corrected chi connectivity index (χ3v) is 7.10. The van der Waals surface area contributed by atoms with E-state index in [2.05, 4.69) is 32.5 Å². The minimum absolute atomic E-state index is 0.0209. The molecule has 11 heteroatoms. The molecule has 8 N–H and O–H groups in total. The summed E-state index contributed by atoms with van der Waals surface area (Å²) in [5, 5.41) is 13.5. The van der Waals surface area contributed by atoms with Crippen LogP contribution in [0.5, 0.6) is 0 Å². The Kier molecular flexibility index (Phi) is 10.2. The van der Waals surface area contributed by atoms with Crippen LogP contribution in [0.15, 0.2) is 83.8 Å². The lowest BCUT2D eigenvalue weighted by Crippen LogP contribution is -2.35. The van der Waals surface area contributed by atoms with Gasteiger partial charge in [-0.05, 0) is 49.6 Å². The number of rotatable bonds is 13. The summed E-state index contributed by atoms with van der Waals surface area (Å²) in [6.07, 6.45) is 2.50. The van der Waals surface area contributed by atoms with Crippen LogP contribution in [0.25, 0.3) is 11.3 Å². The number of hydrogen-bond acceptors (Lipinski definition) is 8. The Hall–Kier alpha value is -4.77. The van der Waals surface area contributed by atoms with E-state index in [0.29, 0.717) is 22.5 Å². The van der Waals surface area contributed by atoms with Gasteiger partial charge in [0.25, 0.3) is 5.56 Å². The monoisotopic (exact) mass is 584 g/mol. The number of nitrogens with one attached hydrogen (secondary N) is 4. The van der Waals surface area contributed by atoms with Crippen molar-refractivity contribution in [2.75, 3.05) is 21.5 Å². The molecule has 0 saturated heterocycles. The van der Waals surface area contributed by atoms with Gasteiger partial charge in [-0.25, -0.2) is 4.98 Å². The predicted molar refractivity (Wildman–Crippen MR) is 173 cm³/mol. The largest absolute Gasteiger partial charge is 0.399 e. The van der Waals surface area contributed by atoms with Crippen molar-refractivity contribution < 1.29 is 4.79 Å². The molecule has 4 rings (SSSR count). The van der Waals surface area contributed by atoms with E-state index in [0.717, 1.165) is 23.4 Å². The van der Waals surface area contributed by atoms with Gasteiger partial charge < -0.3 is 26.8 Å². The van der Waals surface area contributed by atoms with Gasteiger partial charge in [-0.2, -0.15) is 0 Å². The maximum absolute atomic E-state index is 13.5. The van der Waals surface area contributed by atoms with Crippen molar-refractivity contribution in [1.82, 2.24) is 14.9 Å². The van der Waals surface area contributed by atoms with Crippen molar-refractivity contribution in [3.05, 3.63) is 106 Å². The second-order valence-corrected chi connectivity index (χ2v) is 11.0. The number of benzene rings is 3. The molecule has 0 unspecified atom stereocenters. The summed E-state index contributed by atoms with van der Waals surface area (Å²) in [6, 6.07) is 22.8. The summed E-state index contributed by atoms with van der Waals surface area (Å²) in [4.78, 5) is 30.9. The predicted octanol–water partition coefficient (Wildman–Crippen LogP) is 4.22. The lowest BCUT2D eigenvalue weighted by molar-refractivity contribution is -0.121. The van der Waals surface area contributed by atoms with Crippen LogP contribution in [0.4, 0.5) is 17.2 Å². The van der Waals surface area contributed by atoms with Gasteiger partial charge in [0, 0.05) is 40.8 Å². The van der Waals surface area contributed by atoms with Crippen LogP contribution in [0.2, 0.25) is 0 Å². The van der Waals surface area contributed by atoms with E-state index in [1.165, 1.54) is 10.1 Å². The first-order chi connectivity index (χ1) is 20.2. The Morgan fingerprint density at radius 1 is 1.05 bits per heavy atom. The summed E-state index contributed by atoms with van der Waals surface area (Å²) >= 11 is 1.57. The van der Waals surface area contributed by atoms with Crippen LogP contribution in [0.1, 0.15) is 30.5 Å². The number of nitrogen functional groups attached to an aromatic ring is 2. The smallest absolute Gasteiger partial charge is 0.294 e. The van der Waals surface area contributed by atoms with Gasteiger partial charge >= 0.3 is 0 Å². The van der Waals surface area contributed by atoms with Crippen molar-refractivity contribution in [3.63, 3.8) is 0 Å². The zero-order valence-corrected chi connectivity index (χ0v) is 24.5. The molecule has 218 valence electrons. The fourth-order valence-corrected chi connectivity index (χ4v) is 4.98. The number of nitrogens with two attached hydrogens (primary N) is 2. The average molecular weight is 585 g/mol. The highest BCUT2D eigenvalue weighted by atomic mass is 32.2. The lowest BCUT2D eigenvalue weighted by Gasteiger charge is -2.17. The molecule has 10 nitrogen and oxygen atoms in total. The van der Waals surface area contributed by atoms with Crippen LogP contribution in [0.3, 0.4) is 0 Å². The molecule has 1 amide bonds. The Labute approximate surface area is 249 Å². The summed E-state index contributed by atoms with van der Waals surface area (Å²) in [7, 11) is 0. The molecule has 0 aliphatic rings. The zero-order chi connectivity index (χ0) is 30.1. The van der Waals surface area contributed by atoms with Crippen molar-refractivity contribution in [2.45, 2.75) is 39.4 Å². The van der Waals surface area contributed by atoms with E-state index in [1.54, 1.807) is 48.5 Å². The maximum atomic E-state index is 13.5.